The van der Waals surface area contributed by atoms with Gasteiger partial charge in [0.1, 0.15) is 0 Å². The van der Waals surface area contributed by atoms with Crippen LogP contribution >= 0.6 is 0 Å². The Balaban J connectivity index is 1.54. The van der Waals surface area contributed by atoms with Crippen LogP contribution in [0.5, 0.6) is 0 Å². The van der Waals surface area contributed by atoms with Crippen molar-refractivity contribution >= 4 is 23.3 Å². The highest BCUT2D eigenvalue weighted by Gasteiger charge is 2.22. The minimum atomic E-state index is -0.0425. The molecule has 1 saturated heterocycles. The van der Waals surface area contributed by atoms with Gasteiger partial charge in [-0.1, -0.05) is 6.92 Å². The molecule has 5 nitrogen and oxygen atoms in total. The molecule has 0 aliphatic carbocycles. The van der Waals surface area contributed by atoms with E-state index >= 15 is 0 Å². The summed E-state index contributed by atoms with van der Waals surface area (Å²) in [7, 11) is 0. The first-order chi connectivity index (χ1) is 11.0. The van der Waals surface area contributed by atoms with Gasteiger partial charge in [-0.05, 0) is 42.5 Å². The number of ketones is 1. The van der Waals surface area contributed by atoms with E-state index in [1.54, 1.807) is 18.2 Å². The van der Waals surface area contributed by atoms with E-state index in [1.165, 1.54) is 0 Å². The van der Waals surface area contributed by atoms with Gasteiger partial charge in [-0.3, -0.25) is 14.4 Å². The van der Waals surface area contributed by atoms with Gasteiger partial charge in [0.25, 0.3) is 0 Å². The molecule has 2 aliphatic rings. The Morgan fingerprint density at radius 3 is 2.70 bits per heavy atom. The number of benzene rings is 1. The lowest BCUT2D eigenvalue weighted by molar-refractivity contribution is -0.132. The average molecular weight is 314 g/mol. The molecule has 23 heavy (non-hydrogen) atoms. The summed E-state index contributed by atoms with van der Waals surface area (Å²) in [6, 6.07) is 5.25. The molecule has 2 amide bonds. The van der Waals surface area contributed by atoms with Crippen molar-refractivity contribution in [2.24, 2.45) is 5.92 Å². The van der Waals surface area contributed by atoms with Crippen molar-refractivity contribution < 1.29 is 14.4 Å². The summed E-state index contributed by atoms with van der Waals surface area (Å²) in [4.78, 5) is 37.7. The molecular formula is C18H22N2O3. The highest BCUT2D eigenvalue weighted by molar-refractivity contribution is 6.02. The van der Waals surface area contributed by atoms with Crippen LogP contribution in [0.3, 0.4) is 0 Å². The minimum Gasteiger partial charge on any atom is -0.343 e. The molecule has 0 atom stereocenters. The summed E-state index contributed by atoms with van der Waals surface area (Å²) in [5.74, 6) is 0.677. The zero-order valence-corrected chi connectivity index (χ0v) is 13.4. The van der Waals surface area contributed by atoms with Crippen molar-refractivity contribution in [3.63, 3.8) is 0 Å². The molecule has 0 spiro atoms. The first kappa shape index (κ1) is 15.7. The SMILES string of the molecule is CC1CCN(C(=O)CCC(=O)c2ccc3c(c2)CC(=O)N3)CC1. The van der Waals surface area contributed by atoms with Crippen molar-refractivity contribution in [3.05, 3.63) is 29.3 Å². The van der Waals surface area contributed by atoms with Crippen LogP contribution in [0, 0.1) is 5.92 Å². The van der Waals surface area contributed by atoms with Crippen LogP contribution in [0.25, 0.3) is 0 Å². The summed E-state index contributed by atoms with van der Waals surface area (Å²) in [5, 5.41) is 2.75. The summed E-state index contributed by atoms with van der Waals surface area (Å²) < 4.78 is 0. The van der Waals surface area contributed by atoms with E-state index in [-0.39, 0.29) is 30.4 Å². The van der Waals surface area contributed by atoms with Crippen LogP contribution in [0.4, 0.5) is 5.69 Å². The predicted molar refractivity (Wildman–Crippen MR) is 87.3 cm³/mol. The number of carbonyl (C=O) groups excluding carboxylic acids is 3. The second-order valence-electron chi connectivity index (χ2n) is 6.58. The number of rotatable bonds is 4. The smallest absolute Gasteiger partial charge is 0.228 e. The first-order valence-electron chi connectivity index (χ1n) is 8.26. The second-order valence-corrected chi connectivity index (χ2v) is 6.58. The number of anilines is 1. The molecule has 2 heterocycles. The second kappa shape index (κ2) is 6.52. The maximum absolute atomic E-state index is 12.3. The molecule has 1 aromatic carbocycles. The molecule has 5 heteroatoms. The largest absolute Gasteiger partial charge is 0.343 e. The fourth-order valence-electron chi connectivity index (χ4n) is 3.18. The lowest BCUT2D eigenvalue weighted by atomic mass is 9.98. The standard InChI is InChI=1S/C18H22N2O3/c1-12-6-8-20(9-7-12)18(23)5-4-16(21)13-2-3-15-14(10-13)11-17(22)19-15/h2-3,10,12H,4-9,11H2,1H3,(H,19,22). The topological polar surface area (TPSA) is 66.5 Å². The summed E-state index contributed by atoms with van der Waals surface area (Å²) in [6.07, 6.45) is 2.91. The van der Waals surface area contributed by atoms with E-state index in [9.17, 15) is 14.4 Å². The third-order valence-corrected chi connectivity index (χ3v) is 4.75. The number of hydrogen-bond donors (Lipinski definition) is 1. The minimum absolute atomic E-state index is 0.0362. The number of carbonyl (C=O) groups is 3. The lowest BCUT2D eigenvalue weighted by Gasteiger charge is -2.30. The van der Waals surface area contributed by atoms with Gasteiger partial charge < -0.3 is 10.2 Å². The van der Waals surface area contributed by atoms with Gasteiger partial charge in [-0.25, -0.2) is 0 Å². The van der Waals surface area contributed by atoms with Crippen molar-refractivity contribution in [1.82, 2.24) is 4.90 Å². The van der Waals surface area contributed by atoms with E-state index in [2.05, 4.69) is 12.2 Å². The molecule has 122 valence electrons. The fraction of sp³-hybridized carbons (Fsp3) is 0.500. The van der Waals surface area contributed by atoms with E-state index in [0.717, 1.165) is 37.2 Å². The van der Waals surface area contributed by atoms with Crippen molar-refractivity contribution in [1.29, 1.82) is 0 Å². The number of piperidine rings is 1. The quantitative estimate of drug-likeness (QED) is 0.868. The third-order valence-electron chi connectivity index (χ3n) is 4.75. The Bertz CT molecular complexity index is 646. The average Bonchev–Trinajstić information content (AvgIpc) is 2.92. The number of Topliss-reactive ketones (excluding diaryl/α,β-unsaturated/α-hetero) is 1. The van der Waals surface area contributed by atoms with E-state index < -0.39 is 0 Å². The predicted octanol–water partition coefficient (Wildman–Crippen LogP) is 2.40. The van der Waals surface area contributed by atoms with Crippen LogP contribution in [-0.4, -0.2) is 35.6 Å². The molecule has 1 aromatic rings. The Labute approximate surface area is 136 Å². The van der Waals surface area contributed by atoms with Gasteiger partial charge in [0.05, 0.1) is 6.42 Å². The molecule has 0 aromatic heterocycles. The Morgan fingerprint density at radius 2 is 1.96 bits per heavy atom. The molecule has 3 rings (SSSR count). The van der Waals surface area contributed by atoms with Gasteiger partial charge in [-0.2, -0.15) is 0 Å². The van der Waals surface area contributed by atoms with Crippen molar-refractivity contribution in [2.75, 3.05) is 18.4 Å². The number of likely N-dealkylation sites (tertiary alicyclic amines) is 1. The fourth-order valence-corrected chi connectivity index (χ4v) is 3.18. The molecular weight excluding hydrogens is 292 g/mol. The number of hydrogen-bond acceptors (Lipinski definition) is 3. The molecule has 1 fully saturated rings. The molecule has 0 radical (unpaired) electrons. The van der Waals surface area contributed by atoms with Crippen molar-refractivity contribution in [2.45, 2.75) is 39.0 Å². The van der Waals surface area contributed by atoms with Gasteiger partial charge >= 0.3 is 0 Å². The molecule has 0 bridgehead atoms. The van der Waals surface area contributed by atoms with Gasteiger partial charge in [0.2, 0.25) is 11.8 Å². The molecule has 0 saturated carbocycles. The van der Waals surface area contributed by atoms with Crippen LogP contribution in [0.2, 0.25) is 0 Å². The normalized spacial score (nSPS) is 17.8. The van der Waals surface area contributed by atoms with Gasteiger partial charge in [-0.15, -0.1) is 0 Å². The maximum atomic E-state index is 12.3. The third kappa shape index (κ3) is 3.60. The number of nitrogens with zero attached hydrogens (tertiary/aromatic N) is 1. The number of amides is 2. The Morgan fingerprint density at radius 1 is 1.22 bits per heavy atom. The van der Waals surface area contributed by atoms with Crippen LogP contribution in [0.15, 0.2) is 18.2 Å². The van der Waals surface area contributed by atoms with Crippen LogP contribution in [-0.2, 0) is 16.0 Å². The first-order valence-corrected chi connectivity index (χ1v) is 8.26. The van der Waals surface area contributed by atoms with Gasteiger partial charge in [0.15, 0.2) is 5.78 Å². The zero-order valence-electron chi connectivity index (χ0n) is 13.4. The molecule has 0 unspecified atom stereocenters. The molecule has 2 aliphatic heterocycles. The van der Waals surface area contributed by atoms with E-state index in [4.69, 9.17) is 0 Å². The van der Waals surface area contributed by atoms with Crippen LogP contribution in [0.1, 0.15) is 48.5 Å². The molecule has 1 N–H and O–H groups in total. The Kier molecular flexibility index (Phi) is 4.46. The maximum Gasteiger partial charge on any atom is 0.228 e. The summed E-state index contributed by atoms with van der Waals surface area (Å²) >= 11 is 0. The monoisotopic (exact) mass is 314 g/mol. The highest BCUT2D eigenvalue weighted by Crippen LogP contribution is 2.24. The van der Waals surface area contributed by atoms with E-state index in [1.807, 2.05) is 4.90 Å². The summed E-state index contributed by atoms with van der Waals surface area (Å²) in [6.45, 7) is 3.82. The highest BCUT2D eigenvalue weighted by atomic mass is 16.2. The van der Waals surface area contributed by atoms with Crippen molar-refractivity contribution in [3.8, 4) is 0 Å². The van der Waals surface area contributed by atoms with E-state index in [0.29, 0.717) is 17.9 Å². The number of nitrogens with one attached hydrogen (secondary N) is 1. The Hall–Kier alpha value is -2.17. The summed E-state index contributed by atoms with van der Waals surface area (Å²) in [5.41, 5.74) is 2.22. The van der Waals surface area contributed by atoms with Gasteiger partial charge in [0, 0.05) is 37.2 Å². The zero-order chi connectivity index (χ0) is 16.4. The van der Waals surface area contributed by atoms with Crippen LogP contribution < -0.4 is 5.32 Å². The number of fused-ring (bicyclic) bond motifs is 1. The lowest BCUT2D eigenvalue weighted by Crippen LogP contribution is -2.38.